The molecule has 0 bridgehead atoms. The number of hydrogen-bond donors (Lipinski definition) is 1. The summed E-state index contributed by atoms with van der Waals surface area (Å²) < 4.78 is 37.7. The van der Waals surface area contributed by atoms with E-state index in [2.05, 4.69) is 10.2 Å². The van der Waals surface area contributed by atoms with Crippen LogP contribution in [0.25, 0.3) is 0 Å². The SMILES string of the molecule is CCN(CCNC)c1ccc(C(F)(F)F)cc1C. The fraction of sp³-hybridized carbons (Fsp3) is 0.538. The number of alkyl halides is 3. The third kappa shape index (κ3) is 3.63. The van der Waals surface area contributed by atoms with Crippen LogP contribution >= 0.6 is 0 Å². The zero-order chi connectivity index (χ0) is 13.8. The molecule has 0 spiro atoms. The van der Waals surface area contributed by atoms with Crippen LogP contribution in [0.1, 0.15) is 18.1 Å². The van der Waals surface area contributed by atoms with Crippen molar-refractivity contribution in [2.75, 3.05) is 31.6 Å². The number of halogens is 3. The molecule has 0 aliphatic carbocycles. The Labute approximate surface area is 106 Å². The lowest BCUT2D eigenvalue weighted by Crippen LogP contribution is -2.31. The van der Waals surface area contributed by atoms with Crippen LogP contribution in [-0.4, -0.2) is 26.7 Å². The Kier molecular flexibility index (Phi) is 5.02. The predicted octanol–water partition coefficient (Wildman–Crippen LogP) is 3.06. The van der Waals surface area contributed by atoms with Crippen LogP contribution in [0.3, 0.4) is 0 Å². The van der Waals surface area contributed by atoms with E-state index in [1.54, 1.807) is 13.0 Å². The molecule has 0 aliphatic rings. The predicted molar refractivity (Wildman–Crippen MR) is 68.0 cm³/mol. The normalized spacial score (nSPS) is 11.7. The standard InChI is InChI=1S/C13H19F3N2/c1-4-18(8-7-17-3)12-6-5-11(9-10(12)2)13(14,15)16/h5-6,9,17H,4,7-8H2,1-3H3. The van der Waals surface area contributed by atoms with E-state index < -0.39 is 11.7 Å². The summed E-state index contributed by atoms with van der Waals surface area (Å²) in [5.74, 6) is 0. The first kappa shape index (κ1) is 14.8. The number of nitrogens with one attached hydrogen (secondary N) is 1. The van der Waals surface area contributed by atoms with Crippen molar-refractivity contribution in [2.24, 2.45) is 0 Å². The van der Waals surface area contributed by atoms with Crippen molar-refractivity contribution in [2.45, 2.75) is 20.0 Å². The van der Waals surface area contributed by atoms with E-state index in [1.165, 1.54) is 6.07 Å². The summed E-state index contributed by atoms with van der Waals surface area (Å²) in [6.45, 7) is 6.06. The van der Waals surface area contributed by atoms with Gasteiger partial charge in [0.1, 0.15) is 0 Å². The first-order chi connectivity index (χ1) is 8.40. The van der Waals surface area contributed by atoms with Crippen LogP contribution in [0.4, 0.5) is 18.9 Å². The van der Waals surface area contributed by atoms with Gasteiger partial charge in [0.05, 0.1) is 5.56 Å². The molecule has 1 aromatic carbocycles. The van der Waals surface area contributed by atoms with Crippen molar-refractivity contribution in [3.8, 4) is 0 Å². The highest BCUT2D eigenvalue weighted by atomic mass is 19.4. The minimum atomic E-state index is -4.27. The largest absolute Gasteiger partial charge is 0.416 e. The maximum Gasteiger partial charge on any atom is 0.416 e. The van der Waals surface area contributed by atoms with Gasteiger partial charge in [-0.3, -0.25) is 0 Å². The van der Waals surface area contributed by atoms with Crippen molar-refractivity contribution >= 4 is 5.69 Å². The molecule has 0 heterocycles. The average Bonchev–Trinajstić information content (AvgIpc) is 2.30. The summed E-state index contributed by atoms with van der Waals surface area (Å²) >= 11 is 0. The molecule has 0 unspecified atom stereocenters. The maximum absolute atomic E-state index is 12.6. The van der Waals surface area contributed by atoms with Crippen molar-refractivity contribution < 1.29 is 13.2 Å². The van der Waals surface area contributed by atoms with E-state index in [0.29, 0.717) is 5.56 Å². The van der Waals surface area contributed by atoms with Gasteiger partial charge < -0.3 is 10.2 Å². The molecule has 18 heavy (non-hydrogen) atoms. The summed E-state index contributed by atoms with van der Waals surface area (Å²) in [6.07, 6.45) is -4.27. The number of hydrogen-bond acceptors (Lipinski definition) is 2. The van der Waals surface area contributed by atoms with Crippen molar-refractivity contribution in [1.29, 1.82) is 0 Å². The highest BCUT2D eigenvalue weighted by Gasteiger charge is 2.30. The Morgan fingerprint density at radius 2 is 1.94 bits per heavy atom. The molecule has 0 aromatic heterocycles. The molecule has 1 aromatic rings. The van der Waals surface area contributed by atoms with Gasteiger partial charge in [-0.15, -0.1) is 0 Å². The molecule has 0 aliphatic heterocycles. The van der Waals surface area contributed by atoms with Crippen LogP contribution in [0.15, 0.2) is 18.2 Å². The van der Waals surface area contributed by atoms with Crippen LogP contribution in [0, 0.1) is 6.92 Å². The smallest absolute Gasteiger partial charge is 0.370 e. The molecule has 0 fully saturated rings. The fourth-order valence-corrected chi connectivity index (χ4v) is 1.88. The lowest BCUT2D eigenvalue weighted by molar-refractivity contribution is -0.137. The highest BCUT2D eigenvalue weighted by molar-refractivity contribution is 5.54. The monoisotopic (exact) mass is 260 g/mol. The van der Waals surface area contributed by atoms with Crippen molar-refractivity contribution in [1.82, 2.24) is 5.32 Å². The first-order valence-electron chi connectivity index (χ1n) is 5.97. The van der Waals surface area contributed by atoms with E-state index in [-0.39, 0.29) is 0 Å². The van der Waals surface area contributed by atoms with E-state index >= 15 is 0 Å². The molecule has 0 amide bonds. The maximum atomic E-state index is 12.6. The molecule has 102 valence electrons. The lowest BCUT2D eigenvalue weighted by atomic mass is 10.1. The summed E-state index contributed by atoms with van der Waals surface area (Å²) in [7, 11) is 1.85. The molecule has 2 nitrogen and oxygen atoms in total. The van der Waals surface area contributed by atoms with Gasteiger partial charge >= 0.3 is 6.18 Å². The summed E-state index contributed by atoms with van der Waals surface area (Å²) in [6, 6.07) is 3.90. The zero-order valence-electron chi connectivity index (χ0n) is 10.9. The van der Waals surface area contributed by atoms with E-state index in [4.69, 9.17) is 0 Å². The Balaban J connectivity index is 2.96. The molecule has 1 rings (SSSR count). The zero-order valence-corrected chi connectivity index (χ0v) is 10.9. The second-order valence-corrected chi connectivity index (χ2v) is 4.18. The minimum absolute atomic E-state index is 0.589. The Hall–Kier alpha value is -1.23. The van der Waals surface area contributed by atoms with Crippen LogP contribution in [-0.2, 0) is 6.18 Å². The topological polar surface area (TPSA) is 15.3 Å². The van der Waals surface area contributed by atoms with Crippen LogP contribution in [0.2, 0.25) is 0 Å². The summed E-state index contributed by atoms with van der Waals surface area (Å²) in [5.41, 5.74) is 0.928. The van der Waals surface area contributed by atoms with Gasteiger partial charge in [0.25, 0.3) is 0 Å². The summed E-state index contributed by atoms with van der Waals surface area (Å²) in [4.78, 5) is 2.06. The second-order valence-electron chi connectivity index (χ2n) is 4.18. The van der Waals surface area contributed by atoms with E-state index in [9.17, 15) is 13.2 Å². The average molecular weight is 260 g/mol. The van der Waals surface area contributed by atoms with Crippen molar-refractivity contribution in [3.05, 3.63) is 29.3 Å². The number of anilines is 1. The third-order valence-electron chi connectivity index (χ3n) is 2.88. The molecule has 0 saturated carbocycles. The first-order valence-corrected chi connectivity index (χ1v) is 5.97. The van der Waals surface area contributed by atoms with Gasteiger partial charge in [-0.25, -0.2) is 0 Å². The minimum Gasteiger partial charge on any atom is -0.370 e. The van der Waals surface area contributed by atoms with E-state index in [1.807, 2.05) is 14.0 Å². The quantitative estimate of drug-likeness (QED) is 0.875. The second kappa shape index (κ2) is 6.09. The van der Waals surface area contributed by atoms with Crippen LogP contribution in [0.5, 0.6) is 0 Å². The van der Waals surface area contributed by atoms with Gasteiger partial charge in [0.15, 0.2) is 0 Å². The van der Waals surface area contributed by atoms with Gasteiger partial charge in [-0.1, -0.05) is 0 Å². The number of rotatable bonds is 5. The number of likely N-dealkylation sites (N-methyl/N-ethyl adjacent to an activating group) is 2. The molecule has 0 atom stereocenters. The molecule has 5 heteroatoms. The molecule has 0 radical (unpaired) electrons. The fourth-order valence-electron chi connectivity index (χ4n) is 1.88. The number of aryl methyl sites for hydroxylation is 1. The Bertz CT molecular complexity index is 388. The Morgan fingerprint density at radius 3 is 2.39 bits per heavy atom. The number of nitrogens with zero attached hydrogens (tertiary/aromatic N) is 1. The molecular formula is C13H19F3N2. The molecule has 0 saturated heterocycles. The van der Waals surface area contributed by atoms with Crippen LogP contribution < -0.4 is 10.2 Å². The van der Waals surface area contributed by atoms with Gasteiger partial charge in [-0.2, -0.15) is 13.2 Å². The van der Waals surface area contributed by atoms with Crippen molar-refractivity contribution in [3.63, 3.8) is 0 Å². The molecular weight excluding hydrogens is 241 g/mol. The van der Waals surface area contributed by atoms with E-state index in [0.717, 1.165) is 31.4 Å². The molecule has 1 N–H and O–H groups in total. The van der Waals surface area contributed by atoms with Gasteiger partial charge in [-0.05, 0) is 44.7 Å². The third-order valence-corrected chi connectivity index (χ3v) is 2.88. The number of benzene rings is 1. The summed E-state index contributed by atoms with van der Waals surface area (Å²) in [5, 5.41) is 3.04. The van der Waals surface area contributed by atoms with Gasteiger partial charge in [0.2, 0.25) is 0 Å². The lowest BCUT2D eigenvalue weighted by Gasteiger charge is -2.25. The highest BCUT2D eigenvalue weighted by Crippen LogP contribution is 2.32. The van der Waals surface area contributed by atoms with Gasteiger partial charge in [0, 0.05) is 25.3 Å². The Morgan fingerprint density at radius 1 is 1.28 bits per heavy atom.